The molecule has 0 saturated carbocycles. The van der Waals surface area contributed by atoms with E-state index in [2.05, 4.69) is 20.7 Å². The second kappa shape index (κ2) is 5.73. The largest absolute Gasteiger partial charge is 0.277 e. The lowest BCUT2D eigenvalue weighted by molar-refractivity contribution is 0.595. The van der Waals surface area contributed by atoms with Crippen LogP contribution in [0.2, 0.25) is 0 Å². The Bertz CT molecular complexity index is 784. The van der Waals surface area contributed by atoms with Crippen LogP contribution in [0.25, 0.3) is 0 Å². The lowest BCUT2D eigenvalue weighted by atomic mass is 10.1. The topological polar surface area (TPSA) is 46.2 Å². The molecule has 0 atom stereocenters. The van der Waals surface area contributed by atoms with Crippen molar-refractivity contribution in [2.75, 3.05) is 4.72 Å². The van der Waals surface area contributed by atoms with Gasteiger partial charge in [0.2, 0.25) is 0 Å². The number of benzene rings is 2. The van der Waals surface area contributed by atoms with Crippen molar-refractivity contribution < 1.29 is 17.2 Å². The van der Waals surface area contributed by atoms with Gasteiger partial charge >= 0.3 is 0 Å². The van der Waals surface area contributed by atoms with Gasteiger partial charge in [-0.25, -0.2) is 17.2 Å². The van der Waals surface area contributed by atoms with Gasteiger partial charge in [0.05, 0.1) is 10.6 Å². The molecule has 2 aromatic carbocycles. The molecule has 0 aliphatic heterocycles. The Morgan fingerprint density at radius 1 is 1.05 bits per heavy atom. The maximum Gasteiger partial charge on any atom is 0.262 e. The summed E-state index contributed by atoms with van der Waals surface area (Å²) in [4.78, 5) is -0.0525. The lowest BCUT2D eigenvalue weighted by Gasteiger charge is -2.13. The molecule has 21 heavy (non-hydrogen) atoms. The van der Waals surface area contributed by atoms with Crippen LogP contribution in [0.3, 0.4) is 0 Å². The number of aryl methyl sites for hydroxylation is 2. The smallest absolute Gasteiger partial charge is 0.262 e. The monoisotopic (exact) mass is 375 g/mol. The summed E-state index contributed by atoms with van der Waals surface area (Å²) < 4.78 is 54.5. The van der Waals surface area contributed by atoms with Gasteiger partial charge in [-0.1, -0.05) is 15.9 Å². The quantitative estimate of drug-likeness (QED) is 0.875. The first-order valence-corrected chi connectivity index (χ1v) is 8.23. The van der Waals surface area contributed by atoms with Crippen LogP contribution in [0.4, 0.5) is 14.5 Å². The Morgan fingerprint density at radius 3 is 2.19 bits per heavy atom. The normalized spacial score (nSPS) is 11.5. The number of anilines is 1. The van der Waals surface area contributed by atoms with Crippen LogP contribution in [0, 0.1) is 25.5 Å². The fourth-order valence-corrected chi connectivity index (χ4v) is 3.97. The van der Waals surface area contributed by atoms with Crippen LogP contribution >= 0.6 is 15.9 Å². The molecule has 0 spiro atoms. The zero-order valence-electron chi connectivity index (χ0n) is 11.2. The minimum Gasteiger partial charge on any atom is -0.277 e. The number of hydrogen-bond acceptors (Lipinski definition) is 2. The molecule has 0 fully saturated rings. The zero-order chi connectivity index (χ0) is 15.8. The molecule has 2 rings (SSSR count). The molecule has 0 unspecified atom stereocenters. The van der Waals surface area contributed by atoms with Crippen molar-refractivity contribution in [1.82, 2.24) is 0 Å². The summed E-state index contributed by atoms with van der Waals surface area (Å²) in [6.07, 6.45) is 0. The van der Waals surface area contributed by atoms with Crippen LogP contribution in [0.1, 0.15) is 11.1 Å². The van der Waals surface area contributed by atoms with Gasteiger partial charge in [0.1, 0.15) is 11.6 Å². The third kappa shape index (κ3) is 3.41. The fourth-order valence-electron chi connectivity index (χ4n) is 2.09. The van der Waals surface area contributed by atoms with Crippen molar-refractivity contribution in [2.24, 2.45) is 0 Å². The average Bonchev–Trinajstić information content (AvgIpc) is 2.31. The molecule has 0 amide bonds. The fraction of sp³-hybridized carbons (Fsp3) is 0.143. The van der Waals surface area contributed by atoms with Crippen molar-refractivity contribution in [3.63, 3.8) is 0 Å². The van der Waals surface area contributed by atoms with Crippen LogP contribution in [0.15, 0.2) is 39.7 Å². The molecule has 0 aliphatic carbocycles. The molecule has 2 aromatic rings. The van der Waals surface area contributed by atoms with E-state index in [9.17, 15) is 17.2 Å². The van der Waals surface area contributed by atoms with Gasteiger partial charge in [-0.3, -0.25) is 4.72 Å². The van der Waals surface area contributed by atoms with E-state index >= 15 is 0 Å². The van der Waals surface area contributed by atoms with E-state index in [-0.39, 0.29) is 21.7 Å². The molecule has 7 heteroatoms. The predicted molar refractivity (Wildman–Crippen MR) is 80.8 cm³/mol. The van der Waals surface area contributed by atoms with Crippen LogP contribution < -0.4 is 4.72 Å². The predicted octanol–water partition coefficient (Wildman–Crippen LogP) is 4.14. The van der Waals surface area contributed by atoms with Crippen LogP contribution in [0.5, 0.6) is 0 Å². The number of sulfonamides is 1. The maximum atomic E-state index is 13.7. The molecule has 1 N–H and O–H groups in total. The van der Waals surface area contributed by atoms with Gasteiger partial charge in [-0.2, -0.15) is 0 Å². The second-order valence-electron chi connectivity index (χ2n) is 4.60. The van der Waals surface area contributed by atoms with Gasteiger partial charge in [-0.05, 0) is 55.3 Å². The Kier molecular flexibility index (Phi) is 4.34. The van der Waals surface area contributed by atoms with Crippen molar-refractivity contribution in [3.05, 3.63) is 57.6 Å². The molecular formula is C14H12BrF2NO2S. The molecule has 0 heterocycles. The highest BCUT2D eigenvalue weighted by atomic mass is 79.9. The molecule has 0 radical (unpaired) electrons. The summed E-state index contributed by atoms with van der Waals surface area (Å²) in [5, 5.41) is 0. The SMILES string of the molecule is Cc1cc(F)cc(C)c1S(=O)(=O)Nc1cc(Br)ccc1F. The molecule has 3 nitrogen and oxygen atoms in total. The maximum absolute atomic E-state index is 13.7. The highest BCUT2D eigenvalue weighted by molar-refractivity contribution is 9.10. The summed E-state index contributed by atoms with van der Waals surface area (Å²) in [5.41, 5.74) is 0.346. The van der Waals surface area contributed by atoms with Crippen LogP contribution in [-0.4, -0.2) is 8.42 Å². The van der Waals surface area contributed by atoms with Gasteiger partial charge in [0, 0.05) is 4.47 Å². The third-order valence-corrected chi connectivity index (χ3v) is 5.03. The number of rotatable bonds is 3. The van der Waals surface area contributed by atoms with E-state index in [1.165, 1.54) is 26.0 Å². The minimum atomic E-state index is -4.01. The standard InChI is InChI=1S/C14H12BrF2NO2S/c1-8-5-11(16)6-9(2)14(8)21(19,20)18-13-7-10(15)3-4-12(13)17/h3-7,18H,1-2H3. The molecule has 0 saturated heterocycles. The summed E-state index contributed by atoms with van der Waals surface area (Å²) in [7, 11) is -4.01. The third-order valence-electron chi connectivity index (χ3n) is 2.87. The molecule has 0 aromatic heterocycles. The highest BCUT2D eigenvalue weighted by Gasteiger charge is 2.21. The zero-order valence-corrected chi connectivity index (χ0v) is 13.6. The van der Waals surface area contributed by atoms with Gasteiger partial charge in [-0.15, -0.1) is 0 Å². The summed E-state index contributed by atoms with van der Waals surface area (Å²) in [5.74, 6) is -1.21. The van der Waals surface area contributed by atoms with Crippen LogP contribution in [-0.2, 0) is 10.0 Å². The summed E-state index contributed by atoms with van der Waals surface area (Å²) in [6, 6.07) is 6.17. The summed E-state index contributed by atoms with van der Waals surface area (Å²) >= 11 is 3.15. The first-order chi connectivity index (χ1) is 9.70. The first kappa shape index (κ1) is 15.9. The van der Waals surface area contributed by atoms with Crippen molar-refractivity contribution in [3.8, 4) is 0 Å². The Labute approximate surface area is 130 Å². The Hall–Kier alpha value is -1.47. The van der Waals surface area contributed by atoms with Crippen molar-refractivity contribution in [1.29, 1.82) is 0 Å². The van der Waals surface area contributed by atoms with E-state index in [1.54, 1.807) is 0 Å². The van der Waals surface area contributed by atoms with E-state index in [4.69, 9.17) is 0 Å². The highest BCUT2D eigenvalue weighted by Crippen LogP contribution is 2.26. The number of nitrogens with one attached hydrogen (secondary N) is 1. The van der Waals surface area contributed by atoms with E-state index in [0.29, 0.717) is 4.47 Å². The first-order valence-electron chi connectivity index (χ1n) is 5.95. The number of halogens is 3. The van der Waals surface area contributed by atoms with Gasteiger partial charge in [0.15, 0.2) is 0 Å². The van der Waals surface area contributed by atoms with E-state index in [0.717, 1.165) is 18.2 Å². The van der Waals surface area contributed by atoms with Gasteiger partial charge in [0.25, 0.3) is 10.0 Å². The lowest BCUT2D eigenvalue weighted by Crippen LogP contribution is -2.16. The second-order valence-corrected chi connectivity index (χ2v) is 7.13. The van der Waals surface area contributed by atoms with E-state index < -0.39 is 21.7 Å². The molecule has 0 aliphatic rings. The van der Waals surface area contributed by atoms with Crippen molar-refractivity contribution in [2.45, 2.75) is 18.7 Å². The summed E-state index contributed by atoms with van der Waals surface area (Å²) in [6.45, 7) is 2.98. The van der Waals surface area contributed by atoms with Crippen molar-refractivity contribution >= 4 is 31.6 Å². The minimum absolute atomic E-state index is 0.0525. The molecule has 112 valence electrons. The number of hydrogen-bond donors (Lipinski definition) is 1. The Morgan fingerprint density at radius 2 is 1.62 bits per heavy atom. The average molecular weight is 376 g/mol. The molecular weight excluding hydrogens is 364 g/mol. The Balaban J connectivity index is 2.51. The molecule has 0 bridgehead atoms. The van der Waals surface area contributed by atoms with Gasteiger partial charge < -0.3 is 0 Å². The van der Waals surface area contributed by atoms with E-state index in [1.807, 2.05) is 0 Å².